The lowest BCUT2D eigenvalue weighted by molar-refractivity contribution is 0.0708. The number of ether oxygens (including phenoxy) is 2. The number of hydrogen-bond donors (Lipinski definition) is 2. The molecule has 1 saturated carbocycles. The number of benzene rings is 2. The molecular formula is C25H29N3O4. The number of aromatic nitrogens is 2. The van der Waals surface area contributed by atoms with Gasteiger partial charge in [0.2, 0.25) is 0 Å². The van der Waals surface area contributed by atoms with E-state index in [4.69, 9.17) is 9.47 Å². The zero-order valence-electron chi connectivity index (χ0n) is 18.2. The fraction of sp³-hybridized carbons (Fsp3) is 0.440. The first kappa shape index (κ1) is 21.1. The number of rotatable bonds is 7. The molecule has 0 bridgehead atoms. The van der Waals surface area contributed by atoms with Gasteiger partial charge in [-0.25, -0.2) is 9.97 Å². The number of β-amino-alcohol motifs (C(OH)–C–C–N with tert-alkyl or cyclic N) is 1. The Morgan fingerprint density at radius 3 is 2.44 bits per heavy atom. The van der Waals surface area contributed by atoms with E-state index in [0.29, 0.717) is 24.4 Å². The van der Waals surface area contributed by atoms with Gasteiger partial charge in [-0.3, -0.25) is 0 Å². The second kappa shape index (κ2) is 9.02. The van der Waals surface area contributed by atoms with E-state index in [1.165, 1.54) is 0 Å². The van der Waals surface area contributed by atoms with E-state index in [2.05, 4.69) is 27.0 Å². The summed E-state index contributed by atoms with van der Waals surface area (Å²) in [5, 5.41) is 22.5. The molecule has 0 radical (unpaired) electrons. The molecule has 3 aromatic rings. The molecule has 2 N–H and O–H groups in total. The van der Waals surface area contributed by atoms with Gasteiger partial charge in [-0.2, -0.15) is 0 Å². The maximum absolute atomic E-state index is 10.5. The average Bonchev–Trinajstić information content (AvgIpc) is 3.33. The van der Waals surface area contributed by atoms with Gasteiger partial charge < -0.3 is 24.6 Å². The highest BCUT2D eigenvalue weighted by molar-refractivity contribution is 5.88. The number of likely N-dealkylation sites (tertiary alicyclic amines) is 1. The van der Waals surface area contributed by atoms with E-state index in [1.807, 2.05) is 24.3 Å². The maximum Gasteiger partial charge on any atom is 0.316 e. The third kappa shape index (κ3) is 4.55. The van der Waals surface area contributed by atoms with Crippen molar-refractivity contribution in [3.63, 3.8) is 0 Å². The van der Waals surface area contributed by atoms with Crippen LogP contribution in [0, 0.1) is 11.8 Å². The van der Waals surface area contributed by atoms with Crippen molar-refractivity contribution >= 4 is 10.8 Å². The zero-order valence-corrected chi connectivity index (χ0v) is 18.2. The highest BCUT2D eigenvalue weighted by Crippen LogP contribution is 2.38. The molecule has 0 amide bonds. The molecule has 2 unspecified atom stereocenters. The molecule has 7 heteroatoms. The van der Waals surface area contributed by atoms with Crippen LogP contribution in [0.5, 0.6) is 11.8 Å². The van der Waals surface area contributed by atoms with Gasteiger partial charge in [0, 0.05) is 37.6 Å². The molecule has 1 saturated heterocycles. The van der Waals surface area contributed by atoms with Gasteiger partial charge in [0.1, 0.15) is 18.5 Å². The fourth-order valence-electron chi connectivity index (χ4n) is 5.12. The maximum atomic E-state index is 10.5. The van der Waals surface area contributed by atoms with E-state index < -0.39 is 6.10 Å². The van der Waals surface area contributed by atoms with Crippen LogP contribution < -0.4 is 9.47 Å². The largest absolute Gasteiger partial charge is 0.491 e. The van der Waals surface area contributed by atoms with Crippen molar-refractivity contribution in [1.29, 1.82) is 0 Å². The van der Waals surface area contributed by atoms with Crippen molar-refractivity contribution in [2.75, 3.05) is 33.4 Å². The van der Waals surface area contributed by atoms with Crippen LogP contribution in [0.2, 0.25) is 0 Å². The predicted octanol–water partition coefficient (Wildman–Crippen LogP) is 2.75. The molecule has 0 spiro atoms. The molecule has 1 aliphatic heterocycles. The number of methoxy groups -OCH3 is 1. The van der Waals surface area contributed by atoms with Crippen LogP contribution in [0.3, 0.4) is 0 Å². The van der Waals surface area contributed by atoms with Crippen LogP contribution in [-0.2, 0) is 0 Å². The third-order valence-corrected chi connectivity index (χ3v) is 6.67. The Morgan fingerprint density at radius 2 is 1.72 bits per heavy atom. The van der Waals surface area contributed by atoms with Gasteiger partial charge in [0.05, 0.1) is 13.2 Å². The van der Waals surface area contributed by atoms with Crippen LogP contribution in [0.15, 0.2) is 48.8 Å². The number of aliphatic hydroxyl groups is 2. The third-order valence-electron chi connectivity index (χ3n) is 6.67. The molecule has 2 heterocycles. The number of fused-ring (bicyclic) bond motifs is 2. The van der Waals surface area contributed by atoms with Crippen LogP contribution >= 0.6 is 0 Å². The molecule has 168 valence electrons. The minimum absolute atomic E-state index is 0.133. The van der Waals surface area contributed by atoms with Crippen molar-refractivity contribution in [1.82, 2.24) is 14.9 Å². The number of hydrogen-bond acceptors (Lipinski definition) is 7. The summed E-state index contributed by atoms with van der Waals surface area (Å²) in [6.07, 6.45) is 4.61. The Labute approximate surface area is 187 Å². The molecule has 1 aromatic heterocycles. The Morgan fingerprint density at radius 1 is 1.00 bits per heavy atom. The summed E-state index contributed by atoms with van der Waals surface area (Å²) in [5.41, 5.74) is 1.93. The van der Waals surface area contributed by atoms with Crippen molar-refractivity contribution in [3.8, 4) is 22.9 Å². The molecule has 7 nitrogen and oxygen atoms in total. The SMILES string of the molecule is COc1ncc(-c2ccc3ccc(OCC(O)CN4C[C@H]5CC(O)C[C@H]5C4)cc3c2)cn1. The minimum Gasteiger partial charge on any atom is -0.491 e. The molecule has 32 heavy (non-hydrogen) atoms. The summed E-state index contributed by atoms with van der Waals surface area (Å²) in [7, 11) is 1.55. The van der Waals surface area contributed by atoms with Gasteiger partial charge >= 0.3 is 6.01 Å². The smallest absolute Gasteiger partial charge is 0.316 e. The Bertz CT molecular complexity index is 1060. The molecule has 2 aromatic carbocycles. The zero-order chi connectivity index (χ0) is 22.1. The number of aliphatic hydroxyl groups excluding tert-OH is 2. The molecule has 5 rings (SSSR count). The van der Waals surface area contributed by atoms with Crippen LogP contribution in [0.25, 0.3) is 21.9 Å². The summed E-state index contributed by atoms with van der Waals surface area (Å²) in [4.78, 5) is 10.7. The van der Waals surface area contributed by atoms with Crippen molar-refractivity contribution < 1.29 is 19.7 Å². The minimum atomic E-state index is -0.544. The highest BCUT2D eigenvalue weighted by Gasteiger charge is 2.40. The lowest BCUT2D eigenvalue weighted by Crippen LogP contribution is -2.35. The first-order valence-electron chi connectivity index (χ1n) is 11.2. The molecule has 4 atom stereocenters. The topological polar surface area (TPSA) is 87.9 Å². The molecular weight excluding hydrogens is 406 g/mol. The number of nitrogens with zero attached hydrogens (tertiary/aromatic N) is 3. The second-order valence-corrected chi connectivity index (χ2v) is 9.01. The van der Waals surface area contributed by atoms with Crippen LogP contribution in [0.4, 0.5) is 0 Å². The summed E-state index contributed by atoms with van der Waals surface area (Å²) in [6, 6.07) is 12.5. The standard InChI is InChI=1S/C25H29N3O4/c1-31-25-26-10-21(11-27-25)17-3-2-16-4-5-24(9-18(16)6-17)32-15-23(30)14-28-12-19-7-22(29)8-20(19)13-28/h2-6,9-11,19-20,22-23,29-30H,7-8,12-15H2,1H3/t19-,20+,22?,23?. The lowest BCUT2D eigenvalue weighted by Gasteiger charge is -2.21. The normalized spacial score (nSPS) is 23.9. The van der Waals surface area contributed by atoms with Gasteiger partial charge in [-0.15, -0.1) is 0 Å². The first-order valence-corrected chi connectivity index (χ1v) is 11.2. The van der Waals surface area contributed by atoms with Gasteiger partial charge in [0.15, 0.2) is 0 Å². The van der Waals surface area contributed by atoms with Gasteiger partial charge in [0.25, 0.3) is 0 Å². The van der Waals surface area contributed by atoms with E-state index >= 15 is 0 Å². The Hall–Kier alpha value is -2.74. The second-order valence-electron chi connectivity index (χ2n) is 9.01. The van der Waals surface area contributed by atoms with Crippen LogP contribution in [-0.4, -0.2) is 70.6 Å². The van der Waals surface area contributed by atoms with E-state index in [0.717, 1.165) is 53.6 Å². The Kier molecular flexibility index (Phi) is 5.95. The lowest BCUT2D eigenvalue weighted by atomic mass is 10.0. The van der Waals surface area contributed by atoms with Gasteiger partial charge in [-0.05, 0) is 59.2 Å². The summed E-state index contributed by atoms with van der Waals surface area (Å²) in [6.45, 7) is 2.80. The summed E-state index contributed by atoms with van der Waals surface area (Å²) >= 11 is 0. The summed E-state index contributed by atoms with van der Waals surface area (Å²) in [5.74, 6) is 1.88. The van der Waals surface area contributed by atoms with Crippen molar-refractivity contribution in [2.45, 2.75) is 25.0 Å². The van der Waals surface area contributed by atoms with E-state index in [9.17, 15) is 10.2 Å². The van der Waals surface area contributed by atoms with Crippen molar-refractivity contribution in [2.24, 2.45) is 11.8 Å². The Balaban J connectivity index is 1.20. The average molecular weight is 436 g/mol. The highest BCUT2D eigenvalue weighted by atomic mass is 16.5. The van der Waals surface area contributed by atoms with E-state index in [1.54, 1.807) is 19.5 Å². The quantitative estimate of drug-likeness (QED) is 0.590. The fourth-order valence-corrected chi connectivity index (χ4v) is 5.12. The molecule has 1 aliphatic carbocycles. The van der Waals surface area contributed by atoms with Crippen LogP contribution in [0.1, 0.15) is 12.8 Å². The summed E-state index contributed by atoms with van der Waals surface area (Å²) < 4.78 is 10.9. The van der Waals surface area contributed by atoms with Crippen molar-refractivity contribution in [3.05, 3.63) is 48.8 Å². The monoisotopic (exact) mass is 435 g/mol. The molecule has 2 aliphatic rings. The molecule has 2 fully saturated rings. The van der Waals surface area contributed by atoms with Gasteiger partial charge in [-0.1, -0.05) is 18.2 Å². The first-order chi connectivity index (χ1) is 15.6. The predicted molar refractivity (Wildman–Crippen MR) is 122 cm³/mol. The van der Waals surface area contributed by atoms with E-state index in [-0.39, 0.29) is 12.7 Å².